The number of carbonyl (C=O) groups is 1. The second-order valence-corrected chi connectivity index (χ2v) is 5.05. The van der Waals surface area contributed by atoms with Gasteiger partial charge >= 0.3 is 0 Å². The van der Waals surface area contributed by atoms with Crippen LogP contribution in [0, 0.1) is 0 Å². The van der Waals surface area contributed by atoms with Crippen molar-refractivity contribution in [1.29, 1.82) is 0 Å². The zero-order valence-electron chi connectivity index (χ0n) is 10.2. The summed E-state index contributed by atoms with van der Waals surface area (Å²) < 4.78 is 30.3. The van der Waals surface area contributed by atoms with Gasteiger partial charge in [0.2, 0.25) is 0 Å². The van der Waals surface area contributed by atoms with E-state index in [9.17, 15) is 13.6 Å². The normalized spacial score (nSPS) is 13.3. The molecule has 1 aromatic rings. The van der Waals surface area contributed by atoms with Crippen LogP contribution in [0.4, 0.5) is 8.78 Å². The molecule has 19 heavy (non-hydrogen) atoms. The van der Waals surface area contributed by atoms with Crippen molar-refractivity contribution in [3.63, 3.8) is 0 Å². The summed E-state index contributed by atoms with van der Waals surface area (Å²) in [5.74, 6) is 0.409. The minimum atomic E-state index is -2.53. The van der Waals surface area contributed by atoms with Crippen LogP contribution in [-0.4, -0.2) is 42.3 Å². The third kappa shape index (κ3) is 3.43. The molecule has 3 nitrogen and oxygen atoms in total. The lowest BCUT2D eigenvalue weighted by Crippen LogP contribution is -2.36. The predicted molar refractivity (Wildman–Crippen MR) is 71.3 cm³/mol. The molecule has 0 radical (unpaired) electrons. The highest BCUT2D eigenvalue weighted by Crippen LogP contribution is 2.26. The minimum absolute atomic E-state index is 0.261. The van der Waals surface area contributed by atoms with Gasteiger partial charge in [-0.1, -0.05) is 15.9 Å². The Bertz CT molecular complexity index is 468. The SMILES string of the molecule is O=C(c1ccc2c(c1)CCO2)N(CCBr)CC(F)F. The highest BCUT2D eigenvalue weighted by Gasteiger charge is 2.21. The molecule has 104 valence electrons. The molecule has 0 unspecified atom stereocenters. The average molecular weight is 334 g/mol. The first-order valence-corrected chi connectivity index (χ1v) is 7.13. The molecule has 0 atom stereocenters. The zero-order valence-corrected chi connectivity index (χ0v) is 11.8. The number of halogens is 3. The summed E-state index contributed by atoms with van der Waals surface area (Å²) in [4.78, 5) is 13.4. The van der Waals surface area contributed by atoms with Crippen molar-refractivity contribution in [2.45, 2.75) is 12.8 Å². The van der Waals surface area contributed by atoms with E-state index in [4.69, 9.17) is 4.74 Å². The summed E-state index contributed by atoms with van der Waals surface area (Å²) in [5, 5.41) is 0.472. The van der Waals surface area contributed by atoms with Gasteiger partial charge in [0.05, 0.1) is 13.2 Å². The van der Waals surface area contributed by atoms with Crippen LogP contribution in [0.2, 0.25) is 0 Å². The van der Waals surface area contributed by atoms with Crippen molar-refractivity contribution >= 4 is 21.8 Å². The summed E-state index contributed by atoms with van der Waals surface area (Å²) in [6.45, 7) is 0.323. The number of amides is 1. The molecule has 0 aliphatic carbocycles. The average Bonchev–Trinajstić information content (AvgIpc) is 2.84. The molecule has 1 heterocycles. The third-order valence-corrected chi connectivity index (χ3v) is 3.29. The summed E-state index contributed by atoms with van der Waals surface area (Å²) in [6.07, 6.45) is -1.77. The third-order valence-electron chi connectivity index (χ3n) is 2.94. The molecule has 0 aromatic heterocycles. The van der Waals surface area contributed by atoms with Crippen LogP contribution in [0.15, 0.2) is 18.2 Å². The summed E-state index contributed by atoms with van der Waals surface area (Å²) in [5.41, 5.74) is 1.40. The van der Waals surface area contributed by atoms with E-state index in [1.165, 1.54) is 0 Å². The smallest absolute Gasteiger partial charge is 0.255 e. The van der Waals surface area contributed by atoms with Crippen LogP contribution < -0.4 is 4.74 Å². The topological polar surface area (TPSA) is 29.5 Å². The van der Waals surface area contributed by atoms with Crippen LogP contribution in [0.25, 0.3) is 0 Å². The van der Waals surface area contributed by atoms with Crippen molar-refractivity contribution in [1.82, 2.24) is 4.90 Å². The molecule has 0 saturated carbocycles. The van der Waals surface area contributed by atoms with Crippen molar-refractivity contribution in [3.8, 4) is 5.75 Å². The van der Waals surface area contributed by atoms with Crippen molar-refractivity contribution < 1.29 is 18.3 Å². The van der Waals surface area contributed by atoms with E-state index in [2.05, 4.69) is 15.9 Å². The van der Waals surface area contributed by atoms with Crippen LogP contribution >= 0.6 is 15.9 Å². The van der Waals surface area contributed by atoms with Crippen molar-refractivity contribution in [2.75, 3.05) is 25.0 Å². The zero-order chi connectivity index (χ0) is 13.8. The van der Waals surface area contributed by atoms with Gasteiger partial charge in [0.25, 0.3) is 12.3 Å². The Labute approximate surface area is 118 Å². The number of hydrogen-bond acceptors (Lipinski definition) is 2. The molecule has 1 amide bonds. The molecule has 1 aliphatic rings. The first-order chi connectivity index (χ1) is 9.11. The number of alkyl halides is 3. The van der Waals surface area contributed by atoms with Gasteiger partial charge in [-0.15, -0.1) is 0 Å². The second kappa shape index (κ2) is 6.32. The van der Waals surface area contributed by atoms with Gasteiger partial charge in [-0.05, 0) is 23.8 Å². The number of nitrogens with zero attached hydrogens (tertiary/aromatic N) is 1. The fourth-order valence-corrected chi connectivity index (χ4v) is 2.47. The number of fused-ring (bicyclic) bond motifs is 1. The lowest BCUT2D eigenvalue weighted by Gasteiger charge is -2.21. The van der Waals surface area contributed by atoms with Crippen LogP contribution in [-0.2, 0) is 6.42 Å². The van der Waals surface area contributed by atoms with Gasteiger partial charge < -0.3 is 9.64 Å². The highest BCUT2D eigenvalue weighted by atomic mass is 79.9. The Balaban J connectivity index is 2.16. The molecule has 6 heteroatoms. The predicted octanol–water partition coefficient (Wildman–Crippen LogP) is 2.72. The second-order valence-electron chi connectivity index (χ2n) is 4.25. The van der Waals surface area contributed by atoms with Gasteiger partial charge in [-0.25, -0.2) is 8.78 Å². The van der Waals surface area contributed by atoms with E-state index < -0.39 is 13.0 Å². The van der Waals surface area contributed by atoms with Gasteiger partial charge in [0.15, 0.2) is 0 Å². The molecule has 2 rings (SSSR count). The monoisotopic (exact) mass is 333 g/mol. The number of hydrogen-bond donors (Lipinski definition) is 0. The largest absolute Gasteiger partial charge is 0.493 e. The minimum Gasteiger partial charge on any atom is -0.493 e. The Morgan fingerprint density at radius 3 is 2.95 bits per heavy atom. The standard InChI is InChI=1S/C13H14BrF2NO2/c14-4-5-17(8-12(15)16)13(18)10-1-2-11-9(7-10)3-6-19-11/h1-2,7,12H,3-6,8H2. The first kappa shape index (κ1) is 14.2. The first-order valence-electron chi connectivity index (χ1n) is 6.01. The summed E-state index contributed by atoms with van der Waals surface area (Å²) in [6, 6.07) is 5.08. The summed E-state index contributed by atoms with van der Waals surface area (Å²) in [7, 11) is 0. The molecule has 1 aliphatic heterocycles. The number of ether oxygens (including phenoxy) is 1. The number of rotatable bonds is 5. The van der Waals surface area contributed by atoms with Crippen LogP contribution in [0.5, 0.6) is 5.75 Å². The number of benzene rings is 1. The Morgan fingerprint density at radius 2 is 2.26 bits per heavy atom. The van der Waals surface area contributed by atoms with Crippen LogP contribution in [0.3, 0.4) is 0 Å². The molecule has 1 aromatic carbocycles. The maximum atomic E-state index is 12.5. The van der Waals surface area contributed by atoms with Crippen LogP contribution in [0.1, 0.15) is 15.9 Å². The van der Waals surface area contributed by atoms with Crippen molar-refractivity contribution in [2.24, 2.45) is 0 Å². The van der Waals surface area contributed by atoms with E-state index in [1.807, 2.05) is 0 Å². The van der Waals surface area contributed by atoms with Gasteiger partial charge in [0.1, 0.15) is 5.75 Å². The van der Waals surface area contributed by atoms with E-state index in [0.29, 0.717) is 17.5 Å². The Hall–Kier alpha value is -1.17. The van der Waals surface area contributed by atoms with Gasteiger partial charge in [-0.3, -0.25) is 4.79 Å². The Kier molecular flexibility index (Phi) is 4.74. The fraction of sp³-hybridized carbons (Fsp3) is 0.462. The quantitative estimate of drug-likeness (QED) is 0.775. The van der Waals surface area contributed by atoms with Crippen molar-refractivity contribution in [3.05, 3.63) is 29.3 Å². The summed E-state index contributed by atoms with van der Waals surface area (Å²) >= 11 is 3.17. The molecule has 0 saturated heterocycles. The van der Waals surface area contributed by atoms with E-state index in [1.54, 1.807) is 18.2 Å². The van der Waals surface area contributed by atoms with Gasteiger partial charge in [0, 0.05) is 23.9 Å². The lowest BCUT2D eigenvalue weighted by molar-refractivity contribution is 0.0572. The molecular formula is C13H14BrF2NO2. The Morgan fingerprint density at radius 1 is 1.47 bits per heavy atom. The molecule has 0 spiro atoms. The van der Waals surface area contributed by atoms with E-state index in [-0.39, 0.29) is 12.5 Å². The molecular weight excluding hydrogens is 320 g/mol. The fourth-order valence-electron chi connectivity index (χ4n) is 2.05. The van der Waals surface area contributed by atoms with E-state index >= 15 is 0 Å². The lowest BCUT2D eigenvalue weighted by atomic mass is 10.1. The molecule has 0 N–H and O–H groups in total. The van der Waals surface area contributed by atoms with E-state index in [0.717, 1.165) is 22.6 Å². The molecule has 0 bridgehead atoms. The number of carbonyl (C=O) groups excluding carboxylic acids is 1. The highest BCUT2D eigenvalue weighted by molar-refractivity contribution is 9.09. The maximum absolute atomic E-state index is 12.5. The molecule has 0 fully saturated rings. The maximum Gasteiger partial charge on any atom is 0.255 e. The van der Waals surface area contributed by atoms with Gasteiger partial charge in [-0.2, -0.15) is 0 Å².